The van der Waals surface area contributed by atoms with Crippen LogP contribution in [0, 0.1) is 18.6 Å². The van der Waals surface area contributed by atoms with Gasteiger partial charge in [-0.1, -0.05) is 6.07 Å². The van der Waals surface area contributed by atoms with Crippen molar-refractivity contribution < 1.29 is 13.6 Å². The Labute approximate surface area is 164 Å². The second kappa shape index (κ2) is 9.76. The van der Waals surface area contributed by atoms with E-state index in [0.29, 0.717) is 6.54 Å². The molecule has 1 atom stereocenters. The van der Waals surface area contributed by atoms with Crippen LogP contribution >= 0.6 is 12.4 Å². The zero-order valence-corrected chi connectivity index (χ0v) is 16.1. The van der Waals surface area contributed by atoms with Gasteiger partial charge in [0.15, 0.2) is 0 Å². The quantitative estimate of drug-likeness (QED) is 0.854. The number of halogens is 3. The largest absolute Gasteiger partial charge is 0.330 e. The fraction of sp³-hybridized carbons (Fsp3) is 0.400. The summed E-state index contributed by atoms with van der Waals surface area (Å²) < 4.78 is 27.9. The maximum Gasteiger partial charge on any atom is 0.257 e. The zero-order chi connectivity index (χ0) is 18.5. The Hall–Kier alpha value is -2.05. The van der Waals surface area contributed by atoms with Gasteiger partial charge in [-0.2, -0.15) is 0 Å². The molecule has 1 aliphatic rings. The first-order valence-corrected chi connectivity index (χ1v) is 8.93. The minimum Gasteiger partial charge on any atom is -0.330 e. The molecule has 0 spiro atoms. The van der Waals surface area contributed by atoms with Crippen molar-refractivity contribution in [2.75, 3.05) is 13.1 Å². The number of rotatable bonds is 4. The van der Waals surface area contributed by atoms with E-state index in [9.17, 15) is 13.6 Å². The van der Waals surface area contributed by atoms with Gasteiger partial charge in [-0.15, -0.1) is 12.4 Å². The van der Waals surface area contributed by atoms with E-state index in [1.807, 2.05) is 18.2 Å². The topological polar surface area (TPSA) is 45.2 Å². The second-order valence-electron chi connectivity index (χ2n) is 6.67. The van der Waals surface area contributed by atoms with Crippen molar-refractivity contribution in [3.8, 4) is 0 Å². The molecule has 7 heteroatoms. The van der Waals surface area contributed by atoms with Crippen LogP contribution in [0.3, 0.4) is 0 Å². The van der Waals surface area contributed by atoms with Crippen LogP contribution in [0.1, 0.15) is 40.9 Å². The number of nitrogens with one attached hydrogen (secondary N) is 1. The maximum absolute atomic E-state index is 14.3. The SMILES string of the molecule is Cc1cc(C(=O)N(Cc2ccccn2)C2CCCNCC2)c(F)cc1F.Cl. The highest BCUT2D eigenvalue weighted by Crippen LogP contribution is 2.22. The highest BCUT2D eigenvalue weighted by molar-refractivity contribution is 5.95. The lowest BCUT2D eigenvalue weighted by Crippen LogP contribution is -2.41. The third kappa shape index (κ3) is 5.23. The molecule has 2 heterocycles. The Morgan fingerprint density at radius 1 is 1.22 bits per heavy atom. The molecule has 27 heavy (non-hydrogen) atoms. The monoisotopic (exact) mass is 395 g/mol. The summed E-state index contributed by atoms with van der Waals surface area (Å²) in [6.07, 6.45) is 4.25. The molecule has 2 aromatic rings. The van der Waals surface area contributed by atoms with Gasteiger partial charge in [0.25, 0.3) is 5.91 Å². The standard InChI is InChI=1S/C20H23F2N3O.ClH/c1-14-11-17(19(22)12-18(14)21)20(26)25(13-15-5-2-3-9-24-15)16-6-4-8-23-10-7-16;/h2-3,5,9,11-12,16,23H,4,6-8,10,13H2,1H3;1H. The average molecular weight is 396 g/mol. The van der Waals surface area contributed by atoms with Gasteiger partial charge in [0.1, 0.15) is 11.6 Å². The van der Waals surface area contributed by atoms with Gasteiger partial charge in [-0.3, -0.25) is 9.78 Å². The summed E-state index contributed by atoms with van der Waals surface area (Å²) >= 11 is 0. The van der Waals surface area contributed by atoms with Crippen LogP contribution in [0.25, 0.3) is 0 Å². The van der Waals surface area contributed by atoms with E-state index in [1.165, 1.54) is 13.0 Å². The van der Waals surface area contributed by atoms with Crippen molar-refractivity contribution in [2.45, 2.75) is 38.8 Å². The molecule has 1 amide bonds. The highest BCUT2D eigenvalue weighted by Gasteiger charge is 2.28. The molecular weight excluding hydrogens is 372 g/mol. The first kappa shape index (κ1) is 21.3. The maximum atomic E-state index is 14.3. The lowest BCUT2D eigenvalue weighted by molar-refractivity contribution is 0.0637. The predicted octanol–water partition coefficient (Wildman–Crippen LogP) is 3.87. The minimum absolute atomic E-state index is 0. The van der Waals surface area contributed by atoms with Crippen LogP contribution in [0.2, 0.25) is 0 Å². The number of carbonyl (C=O) groups is 1. The molecule has 146 valence electrons. The third-order valence-corrected chi connectivity index (χ3v) is 4.78. The van der Waals surface area contributed by atoms with E-state index < -0.39 is 17.5 Å². The molecule has 1 aliphatic heterocycles. The third-order valence-electron chi connectivity index (χ3n) is 4.78. The summed E-state index contributed by atoms with van der Waals surface area (Å²) in [6, 6.07) is 7.60. The average Bonchev–Trinajstić information content (AvgIpc) is 2.92. The molecule has 0 aliphatic carbocycles. The van der Waals surface area contributed by atoms with Crippen molar-refractivity contribution in [1.82, 2.24) is 15.2 Å². The molecule has 3 rings (SSSR count). The summed E-state index contributed by atoms with van der Waals surface area (Å²) in [5, 5.41) is 3.33. The van der Waals surface area contributed by atoms with E-state index in [2.05, 4.69) is 10.3 Å². The Bertz CT molecular complexity index is 765. The van der Waals surface area contributed by atoms with E-state index in [1.54, 1.807) is 11.1 Å². The molecule has 1 saturated heterocycles. The molecule has 1 aromatic heterocycles. The molecular formula is C20H24ClF2N3O. The molecule has 1 N–H and O–H groups in total. The lowest BCUT2D eigenvalue weighted by Gasteiger charge is -2.31. The first-order valence-electron chi connectivity index (χ1n) is 8.93. The molecule has 0 bridgehead atoms. The summed E-state index contributed by atoms with van der Waals surface area (Å²) in [6.45, 7) is 3.55. The summed E-state index contributed by atoms with van der Waals surface area (Å²) in [7, 11) is 0. The molecule has 1 fully saturated rings. The molecule has 0 radical (unpaired) electrons. The molecule has 0 saturated carbocycles. The number of hydrogen-bond donors (Lipinski definition) is 1. The van der Waals surface area contributed by atoms with Crippen molar-refractivity contribution >= 4 is 18.3 Å². The van der Waals surface area contributed by atoms with Gasteiger partial charge < -0.3 is 10.2 Å². The van der Waals surface area contributed by atoms with Gasteiger partial charge in [-0.05, 0) is 63.0 Å². The summed E-state index contributed by atoms with van der Waals surface area (Å²) in [4.78, 5) is 19.1. The molecule has 1 aromatic carbocycles. The zero-order valence-electron chi connectivity index (χ0n) is 15.3. The number of nitrogens with zero attached hydrogens (tertiary/aromatic N) is 2. The molecule has 1 unspecified atom stereocenters. The van der Waals surface area contributed by atoms with Crippen LogP contribution in [0.4, 0.5) is 8.78 Å². The van der Waals surface area contributed by atoms with E-state index in [-0.39, 0.29) is 29.6 Å². The predicted molar refractivity (Wildman–Crippen MR) is 103 cm³/mol. The summed E-state index contributed by atoms with van der Waals surface area (Å²) in [5.74, 6) is -1.88. The number of benzene rings is 1. The number of aryl methyl sites for hydroxylation is 1. The van der Waals surface area contributed by atoms with Crippen LogP contribution < -0.4 is 5.32 Å². The number of pyridine rings is 1. The minimum atomic E-state index is -0.823. The Balaban J connectivity index is 0.00000261. The van der Waals surface area contributed by atoms with Crippen molar-refractivity contribution in [2.24, 2.45) is 0 Å². The number of amides is 1. The number of aromatic nitrogens is 1. The van der Waals surface area contributed by atoms with Gasteiger partial charge in [0.2, 0.25) is 0 Å². The van der Waals surface area contributed by atoms with Crippen LogP contribution in [0.5, 0.6) is 0 Å². The Morgan fingerprint density at radius 3 is 2.78 bits per heavy atom. The van der Waals surface area contributed by atoms with E-state index in [0.717, 1.165) is 44.1 Å². The van der Waals surface area contributed by atoms with Crippen LogP contribution in [-0.2, 0) is 6.54 Å². The van der Waals surface area contributed by atoms with Gasteiger partial charge in [-0.25, -0.2) is 8.78 Å². The lowest BCUT2D eigenvalue weighted by atomic mass is 10.0. The van der Waals surface area contributed by atoms with Crippen molar-refractivity contribution in [3.05, 3.63) is 65.0 Å². The van der Waals surface area contributed by atoms with Crippen molar-refractivity contribution in [3.63, 3.8) is 0 Å². The first-order chi connectivity index (χ1) is 12.6. The molecule has 4 nitrogen and oxygen atoms in total. The highest BCUT2D eigenvalue weighted by atomic mass is 35.5. The summed E-state index contributed by atoms with van der Waals surface area (Å²) in [5.41, 5.74) is 0.921. The Morgan fingerprint density at radius 2 is 2.04 bits per heavy atom. The number of carbonyl (C=O) groups excluding carboxylic acids is 1. The second-order valence-corrected chi connectivity index (χ2v) is 6.67. The fourth-order valence-electron chi connectivity index (χ4n) is 3.32. The van der Waals surface area contributed by atoms with E-state index in [4.69, 9.17) is 0 Å². The van der Waals surface area contributed by atoms with Gasteiger partial charge in [0, 0.05) is 18.3 Å². The fourth-order valence-corrected chi connectivity index (χ4v) is 3.32. The van der Waals surface area contributed by atoms with Gasteiger partial charge in [0.05, 0.1) is 17.8 Å². The van der Waals surface area contributed by atoms with Crippen LogP contribution in [0.15, 0.2) is 36.5 Å². The van der Waals surface area contributed by atoms with Crippen LogP contribution in [-0.4, -0.2) is 34.9 Å². The van der Waals surface area contributed by atoms with Gasteiger partial charge >= 0.3 is 0 Å². The number of hydrogen-bond acceptors (Lipinski definition) is 3. The Kier molecular flexibility index (Phi) is 7.68. The van der Waals surface area contributed by atoms with Crippen molar-refractivity contribution in [1.29, 1.82) is 0 Å². The normalized spacial score (nSPS) is 16.9. The smallest absolute Gasteiger partial charge is 0.257 e. The van der Waals surface area contributed by atoms with E-state index >= 15 is 0 Å².